The fraction of sp³-hybridized carbons (Fsp3) is 0.244. The Kier molecular flexibility index (Phi) is 7.59. The van der Waals surface area contributed by atoms with Gasteiger partial charge in [-0.15, -0.1) is 11.3 Å². The first-order valence-corrected chi connectivity index (χ1v) is 18.6. The zero-order valence-corrected chi connectivity index (χ0v) is 29.3. The van der Waals surface area contributed by atoms with Crippen LogP contribution >= 0.6 is 11.3 Å². The van der Waals surface area contributed by atoms with Crippen molar-refractivity contribution in [2.75, 3.05) is 0 Å². The summed E-state index contributed by atoms with van der Waals surface area (Å²) in [6.07, 6.45) is 6.65. The average Bonchev–Trinajstić information content (AvgIpc) is 3.51. The summed E-state index contributed by atoms with van der Waals surface area (Å²) in [4.78, 5) is 15.2. The molecular formula is C45H38N4S. The molecule has 2 bridgehead atoms. The zero-order chi connectivity index (χ0) is 33.8. The molecule has 2 aromatic heterocycles. The second kappa shape index (κ2) is 12.3. The topological polar surface area (TPSA) is 62.5 Å². The standard InChI is InChI=1S/C45H38N4S/c1-28-19-31-20-29(2)25-45(24-28,26-31)37-15-12-33(13-16-37)43-47-42(32-7-4-3-5-8-32)48-44(49-43)36-10-6-9-34(22-36)35-14-18-41-39(23-35)38-21-30(27-46)11-17-40(38)50-41/h3-18,21-23,28-29,31H,19-20,24-26H2,1-2H3/t28-,29+,31?,45?. The fourth-order valence-corrected chi connectivity index (χ4v) is 10.3. The van der Waals surface area contributed by atoms with Crippen molar-refractivity contribution in [2.45, 2.75) is 51.4 Å². The van der Waals surface area contributed by atoms with Gasteiger partial charge >= 0.3 is 0 Å². The predicted molar refractivity (Wildman–Crippen MR) is 206 cm³/mol. The molecule has 2 saturated carbocycles. The summed E-state index contributed by atoms with van der Waals surface area (Å²) in [5.41, 5.74) is 7.58. The lowest BCUT2D eigenvalue weighted by molar-refractivity contribution is 0.0780. The molecule has 0 saturated heterocycles. The van der Waals surface area contributed by atoms with E-state index in [1.807, 2.05) is 30.3 Å². The summed E-state index contributed by atoms with van der Waals surface area (Å²) in [6.45, 7) is 4.90. The molecule has 0 spiro atoms. The highest BCUT2D eigenvalue weighted by Crippen LogP contribution is 2.54. The second-order valence-corrected chi connectivity index (χ2v) is 16.0. The van der Waals surface area contributed by atoms with E-state index in [9.17, 15) is 5.26 Å². The van der Waals surface area contributed by atoms with Gasteiger partial charge in [-0.1, -0.05) is 92.7 Å². The molecule has 4 nitrogen and oxygen atoms in total. The minimum Gasteiger partial charge on any atom is -0.208 e. The van der Waals surface area contributed by atoms with Gasteiger partial charge in [0.15, 0.2) is 17.5 Å². The first-order chi connectivity index (χ1) is 24.4. The Morgan fingerprint density at radius 2 is 1.14 bits per heavy atom. The molecule has 2 aliphatic rings. The van der Waals surface area contributed by atoms with Crippen molar-refractivity contribution in [3.8, 4) is 51.4 Å². The highest BCUT2D eigenvalue weighted by Gasteiger charge is 2.45. The van der Waals surface area contributed by atoms with Crippen molar-refractivity contribution < 1.29 is 0 Å². The van der Waals surface area contributed by atoms with E-state index in [-0.39, 0.29) is 5.41 Å². The van der Waals surface area contributed by atoms with Crippen molar-refractivity contribution in [2.24, 2.45) is 17.8 Å². The SMILES string of the molecule is C[C@@H]1CC2C[C@H](C)CC(c3ccc(-c4nc(-c5ccccc5)nc(-c5cccc(-c6ccc7sc8ccc(C#N)cc8c7c6)c5)n4)cc3)(C2)C1. The van der Waals surface area contributed by atoms with Gasteiger partial charge in [0.05, 0.1) is 11.6 Å². The van der Waals surface area contributed by atoms with Gasteiger partial charge in [0.2, 0.25) is 0 Å². The van der Waals surface area contributed by atoms with Crippen LogP contribution in [0.15, 0.2) is 115 Å². The minimum atomic E-state index is 0.286. The highest BCUT2D eigenvalue weighted by atomic mass is 32.1. The van der Waals surface area contributed by atoms with Crippen LogP contribution in [-0.2, 0) is 5.41 Å². The number of nitriles is 1. The maximum atomic E-state index is 9.51. The predicted octanol–water partition coefficient (Wildman–Crippen LogP) is 11.9. The van der Waals surface area contributed by atoms with Crippen molar-refractivity contribution in [1.29, 1.82) is 5.26 Å². The molecule has 5 heteroatoms. The molecule has 50 heavy (non-hydrogen) atoms. The number of aromatic nitrogens is 3. The first kappa shape index (κ1) is 30.8. The molecule has 4 atom stereocenters. The molecule has 2 aliphatic carbocycles. The number of hydrogen-bond donors (Lipinski definition) is 0. The molecular weight excluding hydrogens is 629 g/mol. The van der Waals surface area contributed by atoms with Crippen molar-refractivity contribution >= 4 is 31.5 Å². The number of hydrogen-bond acceptors (Lipinski definition) is 5. The minimum absolute atomic E-state index is 0.286. The van der Waals surface area contributed by atoms with Crippen molar-refractivity contribution in [1.82, 2.24) is 15.0 Å². The molecule has 2 heterocycles. The van der Waals surface area contributed by atoms with Crippen LogP contribution in [0.5, 0.6) is 0 Å². The van der Waals surface area contributed by atoms with E-state index in [4.69, 9.17) is 15.0 Å². The number of thiophene rings is 1. The van der Waals surface area contributed by atoms with Crippen LogP contribution in [0.3, 0.4) is 0 Å². The quantitative estimate of drug-likeness (QED) is 0.183. The van der Waals surface area contributed by atoms with Crippen LogP contribution in [-0.4, -0.2) is 15.0 Å². The Hall–Kier alpha value is -5.18. The Labute approximate surface area is 297 Å². The van der Waals surface area contributed by atoms with Gasteiger partial charge in [0.25, 0.3) is 0 Å². The van der Waals surface area contributed by atoms with E-state index in [0.717, 1.165) is 51.0 Å². The monoisotopic (exact) mass is 666 g/mol. The molecule has 0 amide bonds. The molecule has 244 valence electrons. The Morgan fingerprint density at radius 1 is 0.580 bits per heavy atom. The van der Waals surface area contributed by atoms with Gasteiger partial charge in [-0.25, -0.2) is 15.0 Å². The smallest absolute Gasteiger partial charge is 0.164 e. The Balaban J connectivity index is 1.11. The maximum Gasteiger partial charge on any atom is 0.164 e. The number of benzene rings is 5. The molecule has 5 aromatic carbocycles. The second-order valence-electron chi connectivity index (χ2n) is 14.9. The van der Waals surface area contributed by atoms with Crippen LogP contribution in [0.4, 0.5) is 0 Å². The fourth-order valence-electron chi connectivity index (χ4n) is 9.25. The maximum absolute atomic E-state index is 9.51. The van der Waals surface area contributed by atoms with Gasteiger partial charge < -0.3 is 0 Å². The van der Waals surface area contributed by atoms with Gasteiger partial charge in [-0.2, -0.15) is 5.26 Å². The van der Waals surface area contributed by atoms with Crippen molar-refractivity contribution in [3.63, 3.8) is 0 Å². The summed E-state index contributed by atoms with van der Waals surface area (Å²) in [7, 11) is 0. The summed E-state index contributed by atoms with van der Waals surface area (Å²) in [5, 5.41) is 11.8. The van der Waals surface area contributed by atoms with E-state index < -0.39 is 0 Å². The zero-order valence-electron chi connectivity index (χ0n) is 28.4. The van der Waals surface area contributed by atoms with Crippen LogP contribution in [0.1, 0.15) is 57.1 Å². The largest absolute Gasteiger partial charge is 0.208 e. The average molecular weight is 667 g/mol. The number of fused-ring (bicyclic) bond motifs is 5. The summed E-state index contributed by atoms with van der Waals surface area (Å²) >= 11 is 1.76. The van der Waals surface area contributed by atoms with Gasteiger partial charge in [0.1, 0.15) is 0 Å². The molecule has 0 aliphatic heterocycles. The van der Waals surface area contributed by atoms with E-state index in [0.29, 0.717) is 23.0 Å². The van der Waals surface area contributed by atoms with Gasteiger partial charge in [-0.05, 0) is 108 Å². The summed E-state index contributed by atoms with van der Waals surface area (Å²) in [5.74, 6) is 4.42. The summed E-state index contributed by atoms with van der Waals surface area (Å²) < 4.78 is 2.40. The summed E-state index contributed by atoms with van der Waals surface area (Å²) in [6, 6.07) is 42.7. The number of nitrogens with zero attached hydrogens (tertiary/aromatic N) is 4. The molecule has 2 unspecified atom stereocenters. The van der Waals surface area contributed by atoms with Crippen molar-refractivity contribution in [3.05, 3.63) is 126 Å². The molecule has 9 rings (SSSR count). The number of rotatable bonds is 5. The Bertz CT molecular complexity index is 2400. The normalized spacial score (nSPS) is 21.7. The lowest BCUT2D eigenvalue weighted by Crippen LogP contribution is -2.42. The van der Waals surface area contributed by atoms with Crippen LogP contribution in [0, 0.1) is 29.1 Å². The van der Waals surface area contributed by atoms with Crippen LogP contribution in [0.25, 0.3) is 65.5 Å². The highest BCUT2D eigenvalue weighted by molar-refractivity contribution is 7.25. The molecule has 7 aromatic rings. The lowest BCUT2D eigenvalue weighted by atomic mass is 9.54. The molecule has 0 N–H and O–H groups in total. The van der Waals surface area contributed by atoms with Gasteiger partial charge in [-0.3, -0.25) is 0 Å². The van der Waals surface area contributed by atoms with Crippen LogP contribution < -0.4 is 0 Å². The third kappa shape index (κ3) is 5.58. The van der Waals surface area contributed by atoms with Crippen LogP contribution in [0.2, 0.25) is 0 Å². The molecule has 2 fully saturated rings. The van der Waals surface area contributed by atoms with E-state index in [1.54, 1.807) is 11.3 Å². The van der Waals surface area contributed by atoms with E-state index >= 15 is 0 Å². The lowest BCUT2D eigenvalue weighted by Gasteiger charge is -2.50. The van der Waals surface area contributed by atoms with E-state index in [2.05, 4.69) is 105 Å². The van der Waals surface area contributed by atoms with E-state index in [1.165, 1.54) is 52.5 Å². The third-order valence-electron chi connectivity index (χ3n) is 11.1. The third-order valence-corrected chi connectivity index (χ3v) is 12.3. The molecule has 0 radical (unpaired) electrons. The van der Waals surface area contributed by atoms with Gasteiger partial charge in [0, 0.05) is 36.9 Å². The first-order valence-electron chi connectivity index (χ1n) is 17.8. The Morgan fingerprint density at radius 3 is 1.84 bits per heavy atom.